The largest absolute Gasteiger partial charge is 0.395 e. The van der Waals surface area contributed by atoms with Gasteiger partial charge in [-0.3, -0.25) is 4.90 Å². The maximum absolute atomic E-state index is 9.04. The first-order valence-corrected chi connectivity index (χ1v) is 6.47. The van der Waals surface area contributed by atoms with Crippen molar-refractivity contribution in [2.75, 3.05) is 39.3 Å². The Hall–Kier alpha value is -0.120. The highest BCUT2D eigenvalue weighted by Gasteiger charge is 2.24. The van der Waals surface area contributed by atoms with Crippen molar-refractivity contribution in [2.45, 2.75) is 38.1 Å². The van der Waals surface area contributed by atoms with Crippen LogP contribution in [0.4, 0.5) is 0 Å². The highest BCUT2D eigenvalue weighted by molar-refractivity contribution is 4.81. The molecule has 1 heterocycles. The maximum atomic E-state index is 9.04. The molecule has 0 unspecified atom stereocenters. The lowest BCUT2D eigenvalue weighted by Gasteiger charge is -2.38. The monoisotopic (exact) mass is 212 g/mol. The first kappa shape index (κ1) is 11.4. The van der Waals surface area contributed by atoms with Crippen molar-refractivity contribution < 1.29 is 5.11 Å². The van der Waals surface area contributed by atoms with E-state index in [2.05, 4.69) is 9.80 Å². The van der Waals surface area contributed by atoms with Crippen LogP contribution < -0.4 is 0 Å². The summed E-state index contributed by atoms with van der Waals surface area (Å²) in [6.07, 6.45) is 6.84. The van der Waals surface area contributed by atoms with Gasteiger partial charge >= 0.3 is 0 Å². The minimum Gasteiger partial charge on any atom is -0.395 e. The van der Waals surface area contributed by atoms with Crippen LogP contribution in [0.25, 0.3) is 0 Å². The van der Waals surface area contributed by atoms with Crippen molar-refractivity contribution in [1.82, 2.24) is 9.80 Å². The molecule has 0 aromatic heterocycles. The molecule has 15 heavy (non-hydrogen) atoms. The summed E-state index contributed by atoms with van der Waals surface area (Å²) in [5.41, 5.74) is 0. The van der Waals surface area contributed by atoms with E-state index in [1.807, 2.05) is 0 Å². The second kappa shape index (κ2) is 5.83. The molecule has 0 aromatic rings. The van der Waals surface area contributed by atoms with E-state index in [9.17, 15) is 0 Å². The SMILES string of the molecule is OCCN(CCN1CCCC1)C1CCC1. The van der Waals surface area contributed by atoms with Gasteiger partial charge in [-0.05, 0) is 38.8 Å². The second-order valence-electron chi connectivity index (χ2n) is 4.89. The Morgan fingerprint density at radius 2 is 1.80 bits per heavy atom. The second-order valence-corrected chi connectivity index (χ2v) is 4.89. The third kappa shape index (κ3) is 3.16. The van der Waals surface area contributed by atoms with Crippen LogP contribution in [0, 0.1) is 0 Å². The maximum Gasteiger partial charge on any atom is 0.0558 e. The van der Waals surface area contributed by atoms with Crippen LogP contribution in [0.15, 0.2) is 0 Å². The Kier molecular flexibility index (Phi) is 4.42. The Bertz CT molecular complexity index is 176. The number of rotatable bonds is 6. The lowest BCUT2D eigenvalue weighted by molar-refractivity contribution is 0.0914. The predicted octanol–water partition coefficient (Wildman–Crippen LogP) is 0.929. The molecule has 3 heteroatoms. The summed E-state index contributed by atoms with van der Waals surface area (Å²) >= 11 is 0. The number of likely N-dealkylation sites (tertiary alicyclic amines) is 1. The molecule has 0 bridgehead atoms. The summed E-state index contributed by atoms with van der Waals surface area (Å²) in [7, 11) is 0. The fraction of sp³-hybridized carbons (Fsp3) is 1.00. The topological polar surface area (TPSA) is 26.7 Å². The van der Waals surface area contributed by atoms with E-state index < -0.39 is 0 Å². The summed E-state index contributed by atoms with van der Waals surface area (Å²) in [5.74, 6) is 0. The molecule has 2 aliphatic rings. The summed E-state index contributed by atoms with van der Waals surface area (Å²) in [5, 5.41) is 9.04. The minimum atomic E-state index is 0.316. The van der Waals surface area contributed by atoms with E-state index in [-0.39, 0.29) is 0 Å². The Morgan fingerprint density at radius 3 is 2.33 bits per heavy atom. The molecule has 0 spiro atoms. The molecule has 0 amide bonds. The van der Waals surface area contributed by atoms with Crippen LogP contribution in [-0.2, 0) is 0 Å². The third-order valence-corrected chi connectivity index (χ3v) is 3.88. The van der Waals surface area contributed by atoms with Crippen LogP contribution in [0.3, 0.4) is 0 Å². The average molecular weight is 212 g/mol. The van der Waals surface area contributed by atoms with Gasteiger partial charge < -0.3 is 10.0 Å². The molecule has 0 aromatic carbocycles. The number of nitrogens with zero attached hydrogens (tertiary/aromatic N) is 2. The Labute approximate surface area is 93.1 Å². The number of aliphatic hydroxyl groups excluding tert-OH is 1. The summed E-state index contributed by atoms with van der Waals surface area (Å²) in [4.78, 5) is 5.05. The molecule has 0 atom stereocenters. The quantitative estimate of drug-likeness (QED) is 0.709. The number of aliphatic hydroxyl groups is 1. The van der Waals surface area contributed by atoms with Crippen LogP contribution in [0.5, 0.6) is 0 Å². The molecular formula is C12H24N2O. The normalized spacial score (nSPS) is 23.6. The third-order valence-electron chi connectivity index (χ3n) is 3.88. The van der Waals surface area contributed by atoms with Crippen molar-refractivity contribution >= 4 is 0 Å². The summed E-state index contributed by atoms with van der Waals surface area (Å²) in [6.45, 7) is 6.13. The smallest absolute Gasteiger partial charge is 0.0558 e. The van der Waals surface area contributed by atoms with Gasteiger partial charge in [0.05, 0.1) is 6.61 Å². The zero-order chi connectivity index (χ0) is 10.5. The summed E-state index contributed by atoms with van der Waals surface area (Å²) < 4.78 is 0. The highest BCUT2D eigenvalue weighted by Crippen LogP contribution is 2.24. The first-order chi connectivity index (χ1) is 7.40. The molecule has 1 saturated heterocycles. The van der Waals surface area contributed by atoms with Crippen molar-refractivity contribution in [1.29, 1.82) is 0 Å². The highest BCUT2D eigenvalue weighted by atomic mass is 16.3. The van der Waals surface area contributed by atoms with Gasteiger partial charge in [0.2, 0.25) is 0 Å². The molecule has 88 valence electrons. The van der Waals surface area contributed by atoms with Gasteiger partial charge in [0.15, 0.2) is 0 Å². The van der Waals surface area contributed by atoms with Gasteiger partial charge in [0, 0.05) is 25.7 Å². The van der Waals surface area contributed by atoms with Crippen LogP contribution in [-0.4, -0.2) is 60.3 Å². The van der Waals surface area contributed by atoms with E-state index in [0.717, 1.165) is 19.1 Å². The molecule has 0 radical (unpaired) electrons. The van der Waals surface area contributed by atoms with Gasteiger partial charge in [-0.1, -0.05) is 6.42 Å². The van der Waals surface area contributed by atoms with E-state index in [0.29, 0.717) is 6.61 Å². The molecule has 1 N–H and O–H groups in total. The van der Waals surface area contributed by atoms with Gasteiger partial charge in [-0.25, -0.2) is 0 Å². The standard InChI is InChI=1S/C12H24N2O/c15-11-10-14(12-4-3-5-12)9-8-13-6-1-2-7-13/h12,15H,1-11H2. The van der Waals surface area contributed by atoms with E-state index in [1.54, 1.807) is 0 Å². The zero-order valence-corrected chi connectivity index (χ0v) is 9.70. The Balaban J connectivity index is 1.68. The van der Waals surface area contributed by atoms with Gasteiger partial charge in [0.25, 0.3) is 0 Å². The zero-order valence-electron chi connectivity index (χ0n) is 9.70. The Morgan fingerprint density at radius 1 is 1.07 bits per heavy atom. The average Bonchev–Trinajstić information content (AvgIpc) is 2.64. The van der Waals surface area contributed by atoms with Crippen molar-refractivity contribution in [3.05, 3.63) is 0 Å². The lowest BCUT2D eigenvalue weighted by Crippen LogP contribution is -2.45. The molecular weight excluding hydrogens is 188 g/mol. The fourth-order valence-corrected chi connectivity index (χ4v) is 2.63. The number of hydrogen-bond donors (Lipinski definition) is 1. The molecule has 1 aliphatic heterocycles. The minimum absolute atomic E-state index is 0.316. The molecule has 3 nitrogen and oxygen atoms in total. The van der Waals surface area contributed by atoms with E-state index in [1.165, 1.54) is 51.7 Å². The van der Waals surface area contributed by atoms with Gasteiger partial charge in [-0.2, -0.15) is 0 Å². The summed E-state index contributed by atoms with van der Waals surface area (Å²) in [6, 6.07) is 0.778. The molecule has 2 rings (SSSR count). The predicted molar refractivity (Wildman–Crippen MR) is 62.0 cm³/mol. The van der Waals surface area contributed by atoms with Crippen molar-refractivity contribution in [2.24, 2.45) is 0 Å². The first-order valence-electron chi connectivity index (χ1n) is 6.47. The fourth-order valence-electron chi connectivity index (χ4n) is 2.63. The number of hydrogen-bond acceptors (Lipinski definition) is 3. The van der Waals surface area contributed by atoms with Crippen LogP contribution in [0.2, 0.25) is 0 Å². The van der Waals surface area contributed by atoms with E-state index in [4.69, 9.17) is 5.11 Å². The molecule has 1 saturated carbocycles. The van der Waals surface area contributed by atoms with Gasteiger partial charge in [-0.15, -0.1) is 0 Å². The van der Waals surface area contributed by atoms with Crippen LogP contribution >= 0.6 is 0 Å². The molecule has 1 aliphatic carbocycles. The lowest BCUT2D eigenvalue weighted by atomic mass is 9.91. The van der Waals surface area contributed by atoms with E-state index >= 15 is 0 Å². The van der Waals surface area contributed by atoms with Gasteiger partial charge in [0.1, 0.15) is 0 Å². The molecule has 2 fully saturated rings. The van der Waals surface area contributed by atoms with Crippen molar-refractivity contribution in [3.63, 3.8) is 0 Å². The van der Waals surface area contributed by atoms with Crippen molar-refractivity contribution in [3.8, 4) is 0 Å². The van der Waals surface area contributed by atoms with Crippen LogP contribution in [0.1, 0.15) is 32.1 Å².